The molecule has 8 nitrogen and oxygen atoms in total. The van der Waals surface area contributed by atoms with Crippen LogP contribution in [0.4, 0.5) is 10.1 Å². The highest BCUT2D eigenvalue weighted by Gasteiger charge is 2.26. The fourth-order valence-corrected chi connectivity index (χ4v) is 5.08. The second kappa shape index (κ2) is 11.3. The molecule has 0 saturated heterocycles. The number of amides is 2. The number of aromatic nitrogens is 3. The number of nitrogens with one attached hydrogen (secondary N) is 3. The number of rotatable bonds is 9. The number of hydrogen-bond donors (Lipinski definition) is 3. The van der Waals surface area contributed by atoms with Crippen molar-refractivity contribution in [2.75, 3.05) is 31.5 Å². The molecule has 0 aliphatic carbocycles. The minimum Gasteiger partial charge on any atom is -0.358 e. The van der Waals surface area contributed by atoms with E-state index in [1.807, 2.05) is 44.3 Å². The van der Waals surface area contributed by atoms with Crippen LogP contribution in [0.15, 0.2) is 54.9 Å². The first-order valence-corrected chi connectivity index (χ1v) is 13.5. The Morgan fingerprint density at radius 3 is 2.58 bits per heavy atom. The van der Waals surface area contributed by atoms with Crippen LogP contribution >= 0.6 is 0 Å². The van der Waals surface area contributed by atoms with Gasteiger partial charge in [-0.25, -0.2) is 9.07 Å². The highest BCUT2D eigenvalue weighted by Crippen LogP contribution is 2.37. The van der Waals surface area contributed by atoms with Crippen molar-refractivity contribution in [1.29, 1.82) is 0 Å². The lowest BCUT2D eigenvalue weighted by atomic mass is 10.00. The van der Waals surface area contributed by atoms with Crippen molar-refractivity contribution >= 4 is 29.2 Å². The normalized spacial score (nSPS) is 13.7. The first-order chi connectivity index (χ1) is 19.3. The number of benzene rings is 2. The van der Waals surface area contributed by atoms with Gasteiger partial charge in [-0.2, -0.15) is 5.10 Å². The summed E-state index contributed by atoms with van der Waals surface area (Å²) in [5, 5.41) is 10.4. The molecule has 0 fully saturated rings. The van der Waals surface area contributed by atoms with E-state index in [9.17, 15) is 14.0 Å². The molecule has 0 bridgehead atoms. The van der Waals surface area contributed by atoms with Gasteiger partial charge in [-0.3, -0.25) is 9.59 Å². The van der Waals surface area contributed by atoms with Gasteiger partial charge < -0.3 is 20.5 Å². The van der Waals surface area contributed by atoms with Gasteiger partial charge in [0.25, 0.3) is 11.8 Å². The Labute approximate surface area is 232 Å². The zero-order valence-corrected chi connectivity index (χ0v) is 23.1. The first-order valence-electron chi connectivity index (χ1n) is 13.5. The number of H-pyrrole nitrogens is 1. The number of fused-ring (bicyclic) bond motifs is 1. The van der Waals surface area contributed by atoms with Crippen molar-refractivity contribution in [1.82, 2.24) is 25.0 Å². The maximum atomic E-state index is 13.3. The number of likely N-dealkylation sites (N-methyl/N-ethyl adjacent to an activating group) is 1. The standard InChI is InChI=1S/C31H33FN6O2/c1-5-37(6-2)14-13-33-31(40)29-19(3)28(35-20(29)4)16-26-25-15-21(7-12-27(25)36-30(26)39)22-17-34-38(18-22)24-10-8-23(32)9-11-24/h7-12,15-18,35H,5-6,13-14H2,1-4H3,(H,33,40)(H,36,39)/b26-16-. The summed E-state index contributed by atoms with van der Waals surface area (Å²) >= 11 is 0. The third-order valence-corrected chi connectivity index (χ3v) is 7.41. The predicted octanol–water partition coefficient (Wildman–Crippen LogP) is 5.19. The number of hydrogen-bond acceptors (Lipinski definition) is 4. The third kappa shape index (κ3) is 5.33. The Morgan fingerprint density at radius 1 is 1.10 bits per heavy atom. The summed E-state index contributed by atoms with van der Waals surface area (Å²) in [5.41, 5.74) is 7.38. The molecule has 2 amide bonds. The summed E-state index contributed by atoms with van der Waals surface area (Å²) in [6.45, 7) is 11.2. The summed E-state index contributed by atoms with van der Waals surface area (Å²) < 4.78 is 15.0. The van der Waals surface area contributed by atoms with Crippen LogP contribution in [-0.2, 0) is 4.79 Å². The van der Waals surface area contributed by atoms with Gasteiger partial charge in [0.2, 0.25) is 0 Å². The lowest BCUT2D eigenvalue weighted by Crippen LogP contribution is -2.35. The summed E-state index contributed by atoms with van der Waals surface area (Å²) in [4.78, 5) is 31.5. The summed E-state index contributed by atoms with van der Waals surface area (Å²) in [6.07, 6.45) is 5.41. The van der Waals surface area contributed by atoms with E-state index in [2.05, 4.69) is 39.5 Å². The predicted molar refractivity (Wildman–Crippen MR) is 156 cm³/mol. The Balaban J connectivity index is 1.40. The molecule has 9 heteroatoms. The fraction of sp³-hybridized carbons (Fsp3) is 0.258. The molecule has 2 aromatic carbocycles. The number of aromatic amines is 1. The molecule has 4 aromatic rings. The summed E-state index contributed by atoms with van der Waals surface area (Å²) in [7, 11) is 0. The number of anilines is 1. The van der Waals surface area contributed by atoms with Gasteiger partial charge in [0.05, 0.1) is 23.0 Å². The zero-order valence-electron chi connectivity index (χ0n) is 23.1. The molecule has 0 radical (unpaired) electrons. The van der Waals surface area contributed by atoms with E-state index in [1.54, 1.807) is 23.0 Å². The molecule has 3 heterocycles. The largest absolute Gasteiger partial charge is 0.358 e. The van der Waals surface area contributed by atoms with Gasteiger partial charge >= 0.3 is 0 Å². The number of carbonyl (C=O) groups excluding carboxylic acids is 2. The lowest BCUT2D eigenvalue weighted by molar-refractivity contribution is -0.110. The molecular weight excluding hydrogens is 507 g/mol. The smallest absolute Gasteiger partial charge is 0.256 e. The zero-order chi connectivity index (χ0) is 28.4. The van der Waals surface area contributed by atoms with Crippen LogP contribution < -0.4 is 10.6 Å². The SMILES string of the molecule is CCN(CC)CCNC(=O)c1c(C)[nH]c(/C=C2\C(=O)Nc3ccc(-c4cnn(-c5ccc(F)cc5)c4)cc32)c1C. The highest BCUT2D eigenvalue weighted by atomic mass is 19.1. The second-order valence-corrected chi connectivity index (χ2v) is 9.87. The van der Waals surface area contributed by atoms with Crippen molar-refractivity contribution in [2.24, 2.45) is 0 Å². The molecule has 0 saturated carbocycles. The van der Waals surface area contributed by atoms with E-state index in [1.165, 1.54) is 12.1 Å². The Morgan fingerprint density at radius 2 is 1.85 bits per heavy atom. The van der Waals surface area contributed by atoms with Crippen LogP contribution in [0.3, 0.4) is 0 Å². The monoisotopic (exact) mass is 540 g/mol. The molecule has 0 spiro atoms. The topological polar surface area (TPSA) is 95.1 Å². The average Bonchev–Trinajstić information content (AvgIpc) is 3.63. The van der Waals surface area contributed by atoms with Gasteiger partial charge in [-0.05, 0) is 80.5 Å². The first kappa shape index (κ1) is 27.1. The molecule has 0 atom stereocenters. The number of nitrogens with zero attached hydrogens (tertiary/aromatic N) is 3. The van der Waals surface area contributed by atoms with Crippen LogP contribution in [0.2, 0.25) is 0 Å². The van der Waals surface area contributed by atoms with Crippen LogP contribution in [0.5, 0.6) is 0 Å². The third-order valence-electron chi connectivity index (χ3n) is 7.41. The Hall–Kier alpha value is -4.50. The fourth-order valence-electron chi connectivity index (χ4n) is 5.08. The molecule has 5 rings (SSSR count). The van der Waals surface area contributed by atoms with Crippen LogP contribution in [0.25, 0.3) is 28.5 Å². The van der Waals surface area contributed by atoms with Crippen molar-refractivity contribution in [3.8, 4) is 16.8 Å². The summed E-state index contributed by atoms with van der Waals surface area (Å²) in [6, 6.07) is 11.9. The van der Waals surface area contributed by atoms with Crippen molar-refractivity contribution < 1.29 is 14.0 Å². The Kier molecular flexibility index (Phi) is 7.66. The maximum absolute atomic E-state index is 13.3. The minimum atomic E-state index is -0.304. The molecule has 1 aliphatic heterocycles. The molecule has 40 heavy (non-hydrogen) atoms. The van der Waals surface area contributed by atoms with Crippen molar-refractivity contribution in [3.63, 3.8) is 0 Å². The van der Waals surface area contributed by atoms with Gasteiger partial charge in [-0.1, -0.05) is 19.9 Å². The van der Waals surface area contributed by atoms with Crippen LogP contribution in [-0.4, -0.2) is 57.7 Å². The number of halogens is 1. The van der Waals surface area contributed by atoms with E-state index < -0.39 is 0 Å². The molecular formula is C31H33FN6O2. The molecule has 206 valence electrons. The van der Waals surface area contributed by atoms with E-state index in [0.29, 0.717) is 17.7 Å². The van der Waals surface area contributed by atoms with E-state index in [0.717, 1.165) is 64.7 Å². The highest BCUT2D eigenvalue weighted by molar-refractivity contribution is 6.35. The lowest BCUT2D eigenvalue weighted by Gasteiger charge is -2.18. The van der Waals surface area contributed by atoms with Crippen LogP contribution in [0, 0.1) is 19.7 Å². The molecule has 3 N–H and O–H groups in total. The maximum Gasteiger partial charge on any atom is 0.256 e. The molecule has 1 aliphatic rings. The van der Waals surface area contributed by atoms with Crippen molar-refractivity contribution in [2.45, 2.75) is 27.7 Å². The number of carbonyl (C=O) groups is 2. The average molecular weight is 541 g/mol. The van der Waals surface area contributed by atoms with E-state index in [-0.39, 0.29) is 17.6 Å². The minimum absolute atomic E-state index is 0.125. The van der Waals surface area contributed by atoms with Crippen molar-refractivity contribution in [3.05, 3.63) is 88.8 Å². The van der Waals surface area contributed by atoms with Gasteiger partial charge in [0, 0.05) is 47.5 Å². The second-order valence-electron chi connectivity index (χ2n) is 9.87. The number of aryl methyl sites for hydroxylation is 1. The Bertz CT molecular complexity index is 1590. The molecule has 0 unspecified atom stereocenters. The van der Waals surface area contributed by atoms with E-state index in [4.69, 9.17) is 0 Å². The van der Waals surface area contributed by atoms with E-state index >= 15 is 0 Å². The van der Waals surface area contributed by atoms with Gasteiger partial charge in [0.15, 0.2) is 0 Å². The quantitative estimate of drug-likeness (QED) is 0.255. The molecule has 2 aromatic heterocycles. The van der Waals surface area contributed by atoms with Gasteiger partial charge in [-0.15, -0.1) is 0 Å². The van der Waals surface area contributed by atoms with Crippen LogP contribution in [0.1, 0.15) is 46.7 Å². The summed E-state index contributed by atoms with van der Waals surface area (Å²) in [5.74, 6) is -0.632. The van der Waals surface area contributed by atoms with Gasteiger partial charge in [0.1, 0.15) is 5.82 Å².